The Morgan fingerprint density at radius 2 is 2.00 bits per heavy atom. The van der Waals surface area contributed by atoms with Crippen LogP contribution in [0, 0.1) is 5.82 Å². The third kappa shape index (κ3) is 3.26. The van der Waals surface area contributed by atoms with Gasteiger partial charge in [0.15, 0.2) is 0 Å². The average molecular weight is 350 g/mol. The monoisotopic (exact) mass is 349 g/mol. The normalized spacial score (nSPS) is 14.6. The fraction of sp³-hybridized carbons (Fsp3) is 0.312. The lowest BCUT2D eigenvalue weighted by molar-refractivity contribution is 0.0742. The van der Waals surface area contributed by atoms with E-state index in [1.165, 1.54) is 24.5 Å². The van der Waals surface area contributed by atoms with E-state index in [1.54, 1.807) is 11.9 Å². The third-order valence-electron chi connectivity index (χ3n) is 3.98. The Balaban J connectivity index is 1.69. The Morgan fingerprint density at radius 1 is 1.25 bits per heavy atom. The Kier molecular flexibility index (Phi) is 4.80. The molecule has 1 saturated heterocycles. The fourth-order valence-electron chi connectivity index (χ4n) is 2.66. The van der Waals surface area contributed by atoms with E-state index >= 15 is 0 Å². The van der Waals surface area contributed by atoms with Crippen molar-refractivity contribution >= 4 is 29.1 Å². The molecule has 1 aromatic heterocycles. The molecule has 0 spiro atoms. The molecule has 8 heteroatoms. The number of benzene rings is 1. The molecule has 0 atom stereocenters. The molecule has 0 saturated carbocycles. The number of halogens is 2. The summed E-state index contributed by atoms with van der Waals surface area (Å²) < 4.78 is 13.9. The molecule has 0 unspecified atom stereocenters. The molecule has 2 heterocycles. The number of carbonyl (C=O) groups is 1. The molecule has 1 aliphatic rings. The number of carbonyl (C=O) groups excluding carboxylic acids is 1. The highest BCUT2D eigenvalue weighted by Crippen LogP contribution is 2.22. The topological polar surface area (TPSA) is 61.4 Å². The van der Waals surface area contributed by atoms with Crippen LogP contribution in [-0.2, 0) is 0 Å². The molecule has 24 heavy (non-hydrogen) atoms. The fourth-order valence-corrected chi connectivity index (χ4v) is 2.90. The predicted molar refractivity (Wildman–Crippen MR) is 91.1 cm³/mol. The minimum Gasteiger partial charge on any atom is -0.373 e. The summed E-state index contributed by atoms with van der Waals surface area (Å²) in [6.45, 7) is 2.17. The molecule has 1 aromatic carbocycles. The molecule has 1 aliphatic heterocycles. The minimum atomic E-state index is -0.593. The Labute approximate surface area is 144 Å². The van der Waals surface area contributed by atoms with Crippen LogP contribution in [0.2, 0.25) is 5.02 Å². The first-order valence-corrected chi connectivity index (χ1v) is 7.96. The van der Waals surface area contributed by atoms with Crippen LogP contribution in [0.15, 0.2) is 30.6 Å². The van der Waals surface area contributed by atoms with Crippen molar-refractivity contribution < 1.29 is 9.18 Å². The minimum absolute atomic E-state index is 0.0628. The van der Waals surface area contributed by atoms with E-state index in [2.05, 4.69) is 20.2 Å². The van der Waals surface area contributed by atoms with E-state index in [4.69, 9.17) is 11.6 Å². The highest BCUT2D eigenvalue weighted by Gasteiger charge is 2.26. The summed E-state index contributed by atoms with van der Waals surface area (Å²) in [5.74, 6) is 0.558. The van der Waals surface area contributed by atoms with Gasteiger partial charge in [-0.3, -0.25) is 4.79 Å². The highest BCUT2D eigenvalue weighted by molar-refractivity contribution is 6.33. The van der Waals surface area contributed by atoms with Crippen LogP contribution in [0.4, 0.5) is 16.0 Å². The summed E-state index contributed by atoms with van der Waals surface area (Å²) in [4.78, 5) is 24.6. The summed E-state index contributed by atoms with van der Waals surface area (Å²) in [5.41, 5.74) is -0.0628. The van der Waals surface area contributed by atoms with Crippen LogP contribution in [-0.4, -0.2) is 54.0 Å². The van der Waals surface area contributed by atoms with Crippen LogP contribution < -0.4 is 10.2 Å². The van der Waals surface area contributed by atoms with Crippen LogP contribution in [0.1, 0.15) is 10.4 Å². The summed E-state index contributed by atoms with van der Waals surface area (Å²) in [5, 5.41) is 3.10. The molecular formula is C16H17ClFN5O. The maximum absolute atomic E-state index is 13.9. The highest BCUT2D eigenvalue weighted by atomic mass is 35.5. The van der Waals surface area contributed by atoms with E-state index in [0.29, 0.717) is 26.2 Å². The van der Waals surface area contributed by atoms with Crippen molar-refractivity contribution in [2.45, 2.75) is 0 Å². The van der Waals surface area contributed by atoms with Gasteiger partial charge in [-0.15, -0.1) is 0 Å². The van der Waals surface area contributed by atoms with E-state index in [9.17, 15) is 9.18 Å². The molecule has 0 bridgehead atoms. The van der Waals surface area contributed by atoms with Gasteiger partial charge < -0.3 is 15.1 Å². The Morgan fingerprint density at radius 3 is 2.67 bits per heavy atom. The average Bonchev–Trinajstić information content (AvgIpc) is 2.61. The summed E-state index contributed by atoms with van der Waals surface area (Å²) >= 11 is 5.98. The van der Waals surface area contributed by atoms with Crippen molar-refractivity contribution in [1.82, 2.24) is 14.9 Å². The lowest BCUT2D eigenvalue weighted by Crippen LogP contribution is -2.49. The molecule has 0 aliphatic carbocycles. The SMILES string of the molecule is CNc1cc(N2CCN(C(=O)c3c(F)cccc3Cl)CC2)ncn1. The second-order valence-electron chi connectivity index (χ2n) is 5.39. The molecule has 2 aromatic rings. The molecule has 1 amide bonds. The maximum Gasteiger partial charge on any atom is 0.258 e. The van der Waals surface area contributed by atoms with Gasteiger partial charge in [-0.2, -0.15) is 0 Å². The zero-order valence-electron chi connectivity index (χ0n) is 13.2. The zero-order chi connectivity index (χ0) is 17.1. The van der Waals surface area contributed by atoms with Crippen molar-refractivity contribution in [2.75, 3.05) is 43.4 Å². The van der Waals surface area contributed by atoms with Gasteiger partial charge >= 0.3 is 0 Å². The lowest BCUT2D eigenvalue weighted by Gasteiger charge is -2.35. The van der Waals surface area contributed by atoms with Gasteiger partial charge in [-0.1, -0.05) is 17.7 Å². The van der Waals surface area contributed by atoms with Crippen molar-refractivity contribution in [2.24, 2.45) is 0 Å². The van der Waals surface area contributed by atoms with Crippen LogP contribution >= 0.6 is 11.6 Å². The molecule has 1 N–H and O–H groups in total. The number of anilines is 2. The maximum atomic E-state index is 13.9. The molecule has 6 nitrogen and oxygen atoms in total. The number of rotatable bonds is 3. The zero-order valence-corrected chi connectivity index (χ0v) is 13.9. The van der Waals surface area contributed by atoms with Crippen LogP contribution in [0.5, 0.6) is 0 Å². The number of aromatic nitrogens is 2. The molecular weight excluding hydrogens is 333 g/mol. The number of piperazine rings is 1. The van der Waals surface area contributed by atoms with Crippen LogP contribution in [0.3, 0.4) is 0 Å². The summed E-state index contributed by atoms with van der Waals surface area (Å²) in [6, 6.07) is 6.11. The standard InChI is InChI=1S/C16H17ClFN5O/c1-19-13-9-14(21-10-20-13)22-5-7-23(8-6-22)16(24)15-11(17)3-2-4-12(15)18/h2-4,9-10H,5-8H2,1H3,(H,19,20,21). The first kappa shape index (κ1) is 16.4. The Bertz CT molecular complexity index is 729. The van der Waals surface area contributed by atoms with E-state index in [-0.39, 0.29) is 16.5 Å². The van der Waals surface area contributed by atoms with Gasteiger partial charge in [0.05, 0.1) is 10.6 Å². The summed E-state index contributed by atoms with van der Waals surface area (Å²) in [6.07, 6.45) is 1.50. The van der Waals surface area contributed by atoms with Gasteiger partial charge in [0, 0.05) is 39.3 Å². The lowest BCUT2D eigenvalue weighted by atomic mass is 10.1. The summed E-state index contributed by atoms with van der Waals surface area (Å²) in [7, 11) is 1.79. The number of nitrogens with one attached hydrogen (secondary N) is 1. The molecule has 1 fully saturated rings. The number of nitrogens with zero attached hydrogens (tertiary/aromatic N) is 4. The van der Waals surface area contributed by atoms with Crippen LogP contribution in [0.25, 0.3) is 0 Å². The number of hydrogen-bond donors (Lipinski definition) is 1. The van der Waals surface area contributed by atoms with Gasteiger partial charge in [0.25, 0.3) is 5.91 Å². The Hall–Kier alpha value is -2.41. The van der Waals surface area contributed by atoms with Crippen molar-refractivity contribution in [3.05, 3.63) is 47.0 Å². The second kappa shape index (κ2) is 7.00. The number of amides is 1. The van der Waals surface area contributed by atoms with Crippen molar-refractivity contribution in [3.63, 3.8) is 0 Å². The predicted octanol–water partition coefficient (Wildman–Crippen LogP) is 2.27. The molecule has 126 valence electrons. The van der Waals surface area contributed by atoms with E-state index < -0.39 is 5.82 Å². The quantitative estimate of drug-likeness (QED) is 0.921. The number of hydrogen-bond acceptors (Lipinski definition) is 5. The van der Waals surface area contributed by atoms with E-state index in [1.807, 2.05) is 6.07 Å². The first-order chi connectivity index (χ1) is 11.6. The van der Waals surface area contributed by atoms with Crippen molar-refractivity contribution in [1.29, 1.82) is 0 Å². The second-order valence-corrected chi connectivity index (χ2v) is 5.79. The smallest absolute Gasteiger partial charge is 0.258 e. The van der Waals surface area contributed by atoms with Gasteiger partial charge in [0.1, 0.15) is 23.8 Å². The van der Waals surface area contributed by atoms with Crippen molar-refractivity contribution in [3.8, 4) is 0 Å². The third-order valence-corrected chi connectivity index (χ3v) is 4.29. The van der Waals surface area contributed by atoms with Gasteiger partial charge in [-0.25, -0.2) is 14.4 Å². The first-order valence-electron chi connectivity index (χ1n) is 7.58. The molecule has 0 radical (unpaired) electrons. The van der Waals surface area contributed by atoms with Gasteiger partial charge in [0.2, 0.25) is 0 Å². The van der Waals surface area contributed by atoms with E-state index in [0.717, 1.165) is 11.6 Å². The largest absolute Gasteiger partial charge is 0.373 e. The molecule has 3 rings (SSSR count). The van der Waals surface area contributed by atoms with Gasteiger partial charge in [-0.05, 0) is 12.1 Å².